The summed E-state index contributed by atoms with van der Waals surface area (Å²) in [7, 11) is -3.95. The Morgan fingerprint density at radius 1 is 0.702 bits per heavy atom. The molecule has 0 aliphatic carbocycles. The van der Waals surface area contributed by atoms with Crippen LogP contribution in [0, 0.1) is 5.82 Å². The van der Waals surface area contributed by atoms with E-state index in [4.69, 9.17) is 4.74 Å². The van der Waals surface area contributed by atoms with Crippen molar-refractivity contribution in [1.29, 1.82) is 0 Å². The number of nitrogens with zero attached hydrogens (tertiary/aromatic N) is 1. The van der Waals surface area contributed by atoms with Crippen LogP contribution in [0.25, 0.3) is 0 Å². The lowest BCUT2D eigenvalue weighted by Crippen LogP contribution is -2.51. The van der Waals surface area contributed by atoms with E-state index in [1.165, 1.54) is 41.3 Å². The van der Waals surface area contributed by atoms with Crippen molar-refractivity contribution in [2.45, 2.75) is 30.4 Å². The van der Waals surface area contributed by atoms with Gasteiger partial charge in [-0.2, -0.15) is 0 Å². The van der Waals surface area contributed by atoms with Gasteiger partial charge in [0.1, 0.15) is 17.6 Å². The molecule has 0 heterocycles. The standard InChI is InChI=1S/C37H34FN3O5S/c38-31-16-18-32(19-17-31)40-47(44,45)34-22-20-33(21-23-34)46-27-36(42)41(26-30-14-8-3-9-15-30)35(24-28-10-4-1-5-11-28)37(43)39-25-29-12-6-2-7-13-29/h1-23,35,40H,24-27H2,(H,39,43)/t35-/m0/s1. The van der Waals surface area contributed by atoms with E-state index < -0.39 is 27.8 Å². The predicted octanol–water partition coefficient (Wildman–Crippen LogP) is 5.96. The number of hydrogen-bond donors (Lipinski definition) is 2. The minimum absolute atomic E-state index is 0.0378. The highest BCUT2D eigenvalue weighted by Crippen LogP contribution is 2.21. The number of carbonyl (C=O) groups is 2. The predicted molar refractivity (Wildman–Crippen MR) is 178 cm³/mol. The quantitative estimate of drug-likeness (QED) is 0.154. The highest BCUT2D eigenvalue weighted by molar-refractivity contribution is 7.92. The van der Waals surface area contributed by atoms with Crippen LogP contribution in [0.1, 0.15) is 16.7 Å². The number of carbonyl (C=O) groups excluding carboxylic acids is 2. The van der Waals surface area contributed by atoms with Gasteiger partial charge in [-0.1, -0.05) is 91.0 Å². The van der Waals surface area contributed by atoms with Crippen molar-refractivity contribution in [2.75, 3.05) is 11.3 Å². The summed E-state index contributed by atoms with van der Waals surface area (Å²) >= 11 is 0. The molecule has 47 heavy (non-hydrogen) atoms. The fourth-order valence-corrected chi connectivity index (χ4v) is 5.97. The monoisotopic (exact) mass is 651 g/mol. The molecule has 0 aromatic heterocycles. The van der Waals surface area contributed by atoms with E-state index in [0.717, 1.165) is 28.8 Å². The molecule has 2 N–H and O–H groups in total. The van der Waals surface area contributed by atoms with Crippen LogP contribution in [-0.2, 0) is 39.1 Å². The summed E-state index contributed by atoms with van der Waals surface area (Å²) < 4.78 is 47.1. The number of sulfonamides is 1. The van der Waals surface area contributed by atoms with E-state index in [1.807, 2.05) is 91.0 Å². The number of halogens is 1. The van der Waals surface area contributed by atoms with Gasteiger partial charge >= 0.3 is 0 Å². The molecule has 0 unspecified atom stereocenters. The van der Waals surface area contributed by atoms with Gasteiger partial charge in [0.15, 0.2) is 6.61 Å². The lowest BCUT2D eigenvalue weighted by molar-refractivity contribution is -0.142. The van der Waals surface area contributed by atoms with Crippen molar-refractivity contribution in [3.05, 3.63) is 162 Å². The Kier molecular flexibility index (Phi) is 11.0. The van der Waals surface area contributed by atoms with E-state index in [2.05, 4.69) is 10.0 Å². The Hall–Kier alpha value is -5.48. The van der Waals surface area contributed by atoms with Crippen molar-refractivity contribution < 1.29 is 27.1 Å². The number of amides is 2. The zero-order chi connectivity index (χ0) is 33.1. The molecule has 0 saturated carbocycles. The van der Waals surface area contributed by atoms with Crippen LogP contribution in [0.4, 0.5) is 10.1 Å². The zero-order valence-corrected chi connectivity index (χ0v) is 26.3. The number of hydrogen-bond acceptors (Lipinski definition) is 5. The first-order valence-electron chi connectivity index (χ1n) is 15.0. The van der Waals surface area contributed by atoms with Gasteiger partial charge in [-0.05, 0) is 65.2 Å². The fraction of sp³-hybridized carbons (Fsp3) is 0.135. The van der Waals surface area contributed by atoms with Crippen molar-refractivity contribution in [3.63, 3.8) is 0 Å². The summed E-state index contributed by atoms with van der Waals surface area (Å²) in [5.41, 5.74) is 2.89. The third-order valence-corrected chi connectivity index (χ3v) is 8.77. The maximum atomic E-state index is 13.9. The molecule has 0 radical (unpaired) electrons. The van der Waals surface area contributed by atoms with Gasteiger partial charge in [0.25, 0.3) is 15.9 Å². The van der Waals surface area contributed by atoms with E-state index >= 15 is 0 Å². The molecule has 5 aromatic carbocycles. The Labute approximate surface area is 273 Å². The Bertz CT molecular complexity index is 1860. The number of ether oxygens (including phenoxy) is 1. The van der Waals surface area contributed by atoms with Crippen molar-refractivity contribution in [3.8, 4) is 5.75 Å². The van der Waals surface area contributed by atoms with Crippen LogP contribution in [0.3, 0.4) is 0 Å². The molecule has 0 spiro atoms. The molecule has 0 saturated heterocycles. The molecule has 0 fully saturated rings. The average Bonchev–Trinajstić information content (AvgIpc) is 3.10. The van der Waals surface area contributed by atoms with E-state index in [1.54, 1.807) is 0 Å². The third kappa shape index (κ3) is 9.51. The van der Waals surface area contributed by atoms with Gasteiger partial charge < -0.3 is 15.0 Å². The summed E-state index contributed by atoms with van der Waals surface area (Å²) in [5, 5.41) is 3.00. The SMILES string of the molecule is O=C(NCc1ccccc1)[C@H](Cc1ccccc1)N(Cc1ccccc1)C(=O)COc1ccc(S(=O)(=O)Nc2ccc(F)cc2)cc1. The summed E-state index contributed by atoms with van der Waals surface area (Å²) in [6.07, 6.45) is 0.285. The first-order valence-corrected chi connectivity index (χ1v) is 16.5. The molecule has 2 amide bonds. The van der Waals surface area contributed by atoms with Crippen LogP contribution in [0.5, 0.6) is 5.75 Å². The molecule has 8 nitrogen and oxygen atoms in total. The summed E-state index contributed by atoms with van der Waals surface area (Å²) in [6, 6.07) is 38.2. The highest BCUT2D eigenvalue weighted by Gasteiger charge is 2.30. The zero-order valence-electron chi connectivity index (χ0n) is 25.5. The molecule has 0 aliphatic heterocycles. The summed E-state index contributed by atoms with van der Waals surface area (Å²) in [4.78, 5) is 29.1. The van der Waals surface area contributed by atoms with Gasteiger partial charge in [-0.3, -0.25) is 14.3 Å². The third-order valence-electron chi connectivity index (χ3n) is 7.37. The average molecular weight is 652 g/mol. The molecular formula is C37H34FN3O5S. The summed E-state index contributed by atoms with van der Waals surface area (Å²) in [6.45, 7) is 0.0929. The Morgan fingerprint density at radius 2 is 1.26 bits per heavy atom. The first kappa shape index (κ1) is 32.9. The Morgan fingerprint density at radius 3 is 1.85 bits per heavy atom. The Balaban J connectivity index is 1.33. The topological polar surface area (TPSA) is 105 Å². The van der Waals surface area contributed by atoms with Crippen LogP contribution in [0.2, 0.25) is 0 Å². The van der Waals surface area contributed by atoms with E-state index in [0.29, 0.717) is 6.54 Å². The first-order chi connectivity index (χ1) is 22.8. The van der Waals surface area contributed by atoms with Crippen LogP contribution in [0.15, 0.2) is 144 Å². The summed E-state index contributed by atoms with van der Waals surface area (Å²) in [5.74, 6) is -0.929. The van der Waals surface area contributed by atoms with Gasteiger partial charge in [0.2, 0.25) is 5.91 Å². The number of anilines is 1. The maximum Gasteiger partial charge on any atom is 0.261 e. The van der Waals surface area contributed by atoms with Gasteiger partial charge in [0.05, 0.1) is 4.90 Å². The lowest BCUT2D eigenvalue weighted by Gasteiger charge is -2.31. The normalized spacial score (nSPS) is 11.7. The smallest absolute Gasteiger partial charge is 0.261 e. The largest absolute Gasteiger partial charge is 0.484 e. The molecule has 10 heteroatoms. The van der Waals surface area contributed by atoms with Gasteiger partial charge in [0, 0.05) is 25.2 Å². The lowest BCUT2D eigenvalue weighted by atomic mass is 10.0. The number of rotatable bonds is 14. The second kappa shape index (κ2) is 15.7. The van der Waals surface area contributed by atoms with Crippen molar-refractivity contribution in [2.24, 2.45) is 0 Å². The number of benzene rings is 5. The van der Waals surface area contributed by atoms with Gasteiger partial charge in [-0.25, -0.2) is 12.8 Å². The highest BCUT2D eigenvalue weighted by atomic mass is 32.2. The van der Waals surface area contributed by atoms with Crippen molar-refractivity contribution in [1.82, 2.24) is 10.2 Å². The van der Waals surface area contributed by atoms with Crippen LogP contribution < -0.4 is 14.8 Å². The minimum atomic E-state index is -3.95. The van der Waals surface area contributed by atoms with Crippen LogP contribution in [-0.4, -0.2) is 37.8 Å². The molecule has 0 bridgehead atoms. The van der Waals surface area contributed by atoms with E-state index in [-0.39, 0.29) is 41.8 Å². The molecular weight excluding hydrogens is 617 g/mol. The molecule has 0 aliphatic rings. The van der Waals surface area contributed by atoms with Gasteiger partial charge in [-0.15, -0.1) is 0 Å². The van der Waals surface area contributed by atoms with E-state index in [9.17, 15) is 22.4 Å². The fourth-order valence-electron chi connectivity index (χ4n) is 4.91. The second-order valence-electron chi connectivity index (χ2n) is 10.8. The molecule has 1 atom stereocenters. The van der Waals surface area contributed by atoms with Crippen molar-refractivity contribution >= 4 is 27.5 Å². The minimum Gasteiger partial charge on any atom is -0.484 e. The second-order valence-corrected chi connectivity index (χ2v) is 12.5. The molecule has 5 rings (SSSR count). The number of nitrogens with one attached hydrogen (secondary N) is 2. The molecule has 240 valence electrons. The van der Waals surface area contributed by atoms with Crippen LogP contribution >= 0.6 is 0 Å². The molecule has 5 aromatic rings. The maximum absolute atomic E-state index is 13.9.